The maximum Gasteiger partial charge on any atom is 0.282 e. The number of aromatic nitrogens is 2. The zero-order valence-corrected chi connectivity index (χ0v) is 20.7. The van der Waals surface area contributed by atoms with Gasteiger partial charge in [0.1, 0.15) is 18.2 Å². The zero-order chi connectivity index (χ0) is 22.0. The van der Waals surface area contributed by atoms with Crippen LogP contribution in [-0.2, 0) is 6.61 Å². The molecule has 0 fully saturated rings. The van der Waals surface area contributed by atoms with E-state index in [1.54, 1.807) is 19.2 Å². The van der Waals surface area contributed by atoms with Crippen LogP contribution in [0, 0.1) is 17.4 Å². The molecule has 0 amide bonds. The standard InChI is InChI=1S/C24H19BrIN3O2/c1-15-3-5-17(6-4-15)14-31-23-10-7-18(11-21(23)26)13-27-29-16(2)28-22-9-8-19(25)12-20(22)24(29)30/h3-13H,14H2,1-2H3. The normalized spacial score (nSPS) is 11.4. The van der Waals surface area contributed by atoms with E-state index in [0.717, 1.165) is 24.9 Å². The Morgan fingerprint density at radius 3 is 2.61 bits per heavy atom. The second-order valence-electron chi connectivity index (χ2n) is 7.15. The van der Waals surface area contributed by atoms with Crippen molar-refractivity contribution >= 4 is 55.6 Å². The summed E-state index contributed by atoms with van der Waals surface area (Å²) < 4.78 is 9.08. The highest BCUT2D eigenvalue weighted by Gasteiger charge is 2.08. The van der Waals surface area contributed by atoms with Gasteiger partial charge in [-0.25, -0.2) is 4.98 Å². The molecule has 1 aromatic heterocycles. The number of ether oxygens (including phenoxy) is 1. The van der Waals surface area contributed by atoms with Gasteiger partial charge in [-0.1, -0.05) is 45.8 Å². The van der Waals surface area contributed by atoms with Crippen LogP contribution in [0.2, 0.25) is 0 Å². The van der Waals surface area contributed by atoms with Gasteiger partial charge in [0.15, 0.2) is 0 Å². The van der Waals surface area contributed by atoms with Gasteiger partial charge < -0.3 is 4.74 Å². The number of hydrogen-bond acceptors (Lipinski definition) is 4. The first-order valence-electron chi connectivity index (χ1n) is 9.62. The molecule has 0 radical (unpaired) electrons. The molecule has 0 aliphatic carbocycles. The van der Waals surface area contributed by atoms with Gasteiger partial charge in [-0.05, 0) is 84.0 Å². The number of fused-ring (bicyclic) bond motifs is 1. The van der Waals surface area contributed by atoms with Gasteiger partial charge >= 0.3 is 0 Å². The molecule has 31 heavy (non-hydrogen) atoms. The highest BCUT2D eigenvalue weighted by Crippen LogP contribution is 2.23. The van der Waals surface area contributed by atoms with Gasteiger partial charge in [-0.2, -0.15) is 9.78 Å². The quantitative estimate of drug-likeness (QED) is 0.218. The summed E-state index contributed by atoms with van der Waals surface area (Å²) in [5, 5.41) is 4.91. The van der Waals surface area contributed by atoms with E-state index in [-0.39, 0.29) is 5.56 Å². The predicted molar refractivity (Wildman–Crippen MR) is 136 cm³/mol. The fourth-order valence-corrected chi connectivity index (χ4v) is 4.14. The smallest absolute Gasteiger partial charge is 0.282 e. The number of nitrogens with zero attached hydrogens (tertiary/aromatic N) is 3. The monoisotopic (exact) mass is 587 g/mol. The number of benzene rings is 3. The van der Waals surface area contributed by atoms with Crippen LogP contribution in [0.3, 0.4) is 0 Å². The maximum atomic E-state index is 12.9. The SMILES string of the molecule is Cc1ccc(COc2ccc(C=Nn3c(C)nc4ccc(Br)cc4c3=O)cc2I)cc1. The number of halogens is 2. The second kappa shape index (κ2) is 9.32. The van der Waals surface area contributed by atoms with Gasteiger partial charge in [0.2, 0.25) is 0 Å². The Labute approximate surface area is 202 Å². The minimum Gasteiger partial charge on any atom is -0.488 e. The molecule has 5 nitrogen and oxygen atoms in total. The first kappa shape index (κ1) is 21.7. The largest absolute Gasteiger partial charge is 0.488 e. The van der Waals surface area contributed by atoms with Crippen molar-refractivity contribution in [2.24, 2.45) is 5.10 Å². The van der Waals surface area contributed by atoms with Crippen molar-refractivity contribution < 1.29 is 4.74 Å². The van der Waals surface area contributed by atoms with Crippen LogP contribution >= 0.6 is 38.5 Å². The lowest BCUT2D eigenvalue weighted by molar-refractivity contribution is 0.304. The molecular formula is C24H19BrIN3O2. The highest BCUT2D eigenvalue weighted by molar-refractivity contribution is 14.1. The Hall–Kier alpha value is -2.52. The fraction of sp³-hybridized carbons (Fsp3) is 0.125. The average Bonchev–Trinajstić information content (AvgIpc) is 2.75. The lowest BCUT2D eigenvalue weighted by Crippen LogP contribution is -2.20. The molecule has 4 rings (SSSR count). The van der Waals surface area contributed by atoms with Crippen LogP contribution in [0.4, 0.5) is 0 Å². The zero-order valence-electron chi connectivity index (χ0n) is 17.0. The summed E-state index contributed by atoms with van der Waals surface area (Å²) in [6.45, 7) is 4.35. The van der Waals surface area contributed by atoms with Gasteiger partial charge in [0, 0.05) is 4.47 Å². The third-order valence-corrected chi connectivity index (χ3v) is 6.10. The molecule has 0 saturated carbocycles. The van der Waals surface area contributed by atoms with E-state index in [2.05, 4.69) is 79.8 Å². The van der Waals surface area contributed by atoms with Crippen molar-refractivity contribution in [2.75, 3.05) is 0 Å². The number of aryl methyl sites for hydroxylation is 2. The third-order valence-electron chi connectivity index (χ3n) is 4.76. The molecule has 7 heteroatoms. The van der Waals surface area contributed by atoms with Crippen LogP contribution in [0.1, 0.15) is 22.5 Å². The number of hydrogen-bond donors (Lipinski definition) is 0. The molecule has 0 spiro atoms. The van der Waals surface area contributed by atoms with E-state index in [1.807, 2.05) is 30.3 Å². The van der Waals surface area contributed by atoms with Gasteiger partial charge in [0.05, 0.1) is 20.7 Å². The summed E-state index contributed by atoms with van der Waals surface area (Å²) in [6, 6.07) is 19.6. The average molecular weight is 588 g/mol. The molecular weight excluding hydrogens is 569 g/mol. The van der Waals surface area contributed by atoms with E-state index in [1.165, 1.54) is 10.2 Å². The lowest BCUT2D eigenvalue weighted by Gasteiger charge is -2.09. The van der Waals surface area contributed by atoms with E-state index in [4.69, 9.17) is 4.74 Å². The van der Waals surface area contributed by atoms with E-state index in [0.29, 0.717) is 23.3 Å². The van der Waals surface area contributed by atoms with Crippen molar-refractivity contribution in [3.63, 3.8) is 0 Å². The van der Waals surface area contributed by atoms with Crippen molar-refractivity contribution in [1.82, 2.24) is 9.66 Å². The molecule has 0 unspecified atom stereocenters. The van der Waals surface area contributed by atoms with Crippen molar-refractivity contribution in [2.45, 2.75) is 20.5 Å². The Morgan fingerprint density at radius 2 is 1.87 bits per heavy atom. The van der Waals surface area contributed by atoms with Gasteiger partial charge in [0.25, 0.3) is 5.56 Å². The van der Waals surface area contributed by atoms with Crippen molar-refractivity contribution in [3.05, 3.63) is 102 Å². The van der Waals surface area contributed by atoms with Crippen LogP contribution in [0.25, 0.3) is 10.9 Å². The summed E-state index contributed by atoms with van der Waals surface area (Å²) in [4.78, 5) is 17.3. The Kier molecular flexibility index (Phi) is 6.52. The first-order valence-corrected chi connectivity index (χ1v) is 11.5. The summed E-state index contributed by atoms with van der Waals surface area (Å²) in [6.07, 6.45) is 1.66. The molecule has 0 saturated heterocycles. The molecule has 0 atom stereocenters. The second-order valence-corrected chi connectivity index (χ2v) is 9.22. The van der Waals surface area contributed by atoms with E-state index >= 15 is 0 Å². The summed E-state index contributed by atoms with van der Waals surface area (Å²) in [5.74, 6) is 1.34. The summed E-state index contributed by atoms with van der Waals surface area (Å²) >= 11 is 5.65. The predicted octanol–water partition coefficient (Wildman–Crippen LogP) is 5.84. The lowest BCUT2D eigenvalue weighted by atomic mass is 10.2. The number of rotatable bonds is 5. The highest BCUT2D eigenvalue weighted by atomic mass is 127. The molecule has 4 aromatic rings. The van der Waals surface area contributed by atoms with Crippen molar-refractivity contribution in [1.29, 1.82) is 0 Å². The van der Waals surface area contributed by atoms with E-state index < -0.39 is 0 Å². The summed E-state index contributed by atoms with van der Waals surface area (Å²) in [5.41, 5.74) is 3.67. The maximum absolute atomic E-state index is 12.9. The first-order chi connectivity index (χ1) is 14.9. The minimum absolute atomic E-state index is 0.201. The minimum atomic E-state index is -0.201. The molecule has 0 aliphatic heterocycles. The third kappa shape index (κ3) is 5.04. The van der Waals surface area contributed by atoms with Crippen LogP contribution < -0.4 is 10.3 Å². The van der Waals surface area contributed by atoms with Gasteiger partial charge in [-0.15, -0.1) is 0 Å². The van der Waals surface area contributed by atoms with Gasteiger partial charge in [-0.3, -0.25) is 4.79 Å². The molecule has 3 aromatic carbocycles. The molecule has 0 aliphatic rings. The van der Waals surface area contributed by atoms with Crippen LogP contribution in [0.15, 0.2) is 75.0 Å². The fourth-order valence-electron chi connectivity index (χ4n) is 3.08. The molecule has 0 N–H and O–H groups in total. The van der Waals surface area contributed by atoms with Crippen LogP contribution in [-0.4, -0.2) is 15.9 Å². The Balaban J connectivity index is 1.55. The molecule has 1 heterocycles. The topological polar surface area (TPSA) is 56.5 Å². The Bertz CT molecular complexity index is 1350. The molecule has 156 valence electrons. The van der Waals surface area contributed by atoms with Crippen LogP contribution in [0.5, 0.6) is 5.75 Å². The Morgan fingerprint density at radius 1 is 1.10 bits per heavy atom. The molecule has 0 bridgehead atoms. The van der Waals surface area contributed by atoms with Crippen molar-refractivity contribution in [3.8, 4) is 5.75 Å². The summed E-state index contributed by atoms with van der Waals surface area (Å²) in [7, 11) is 0. The van der Waals surface area contributed by atoms with E-state index in [9.17, 15) is 4.79 Å².